The number of hydrogen-bond acceptors (Lipinski definition) is 5. The summed E-state index contributed by atoms with van der Waals surface area (Å²) in [6.45, 7) is 0. The van der Waals surface area contributed by atoms with Gasteiger partial charge in [-0.25, -0.2) is 4.98 Å². The van der Waals surface area contributed by atoms with Crippen LogP contribution in [0.5, 0.6) is 0 Å². The zero-order chi connectivity index (χ0) is 13.1. The third-order valence-corrected chi connectivity index (χ3v) is 3.48. The quantitative estimate of drug-likeness (QED) is 0.369. The molecule has 0 aliphatic rings. The molecule has 0 aliphatic heterocycles. The Bertz CT molecular complexity index is 669. The highest BCUT2D eigenvalue weighted by Gasteiger charge is 2.04. The lowest BCUT2D eigenvalue weighted by Gasteiger charge is -2.04. The highest BCUT2D eigenvalue weighted by atomic mass is 79.9. The summed E-state index contributed by atoms with van der Waals surface area (Å²) in [6.07, 6.45) is 1.68. The Morgan fingerprint density at radius 1 is 1.56 bits per heavy atom. The molecule has 0 radical (unpaired) electrons. The summed E-state index contributed by atoms with van der Waals surface area (Å²) in [5.41, 5.74) is 6.55. The van der Waals surface area contributed by atoms with Gasteiger partial charge in [0, 0.05) is 22.5 Å². The lowest BCUT2D eigenvalue weighted by molar-refractivity contribution is 1.01. The number of aromatic nitrogens is 2. The van der Waals surface area contributed by atoms with Crippen molar-refractivity contribution in [2.75, 3.05) is 0 Å². The van der Waals surface area contributed by atoms with Gasteiger partial charge in [0.1, 0.15) is 5.65 Å². The van der Waals surface area contributed by atoms with Gasteiger partial charge in [0.15, 0.2) is 5.17 Å². The SMILES string of the molecule is NN=C(N)SCc1cc(=O)n2cc(Br)ccc2n1. The van der Waals surface area contributed by atoms with E-state index in [9.17, 15) is 4.79 Å². The van der Waals surface area contributed by atoms with Crippen LogP contribution in [0.3, 0.4) is 0 Å². The van der Waals surface area contributed by atoms with Gasteiger partial charge >= 0.3 is 0 Å². The smallest absolute Gasteiger partial charge is 0.258 e. The van der Waals surface area contributed by atoms with Crippen molar-refractivity contribution in [2.24, 2.45) is 16.7 Å². The van der Waals surface area contributed by atoms with E-state index in [1.807, 2.05) is 6.07 Å². The minimum atomic E-state index is -0.139. The van der Waals surface area contributed by atoms with Crippen molar-refractivity contribution >= 4 is 38.5 Å². The van der Waals surface area contributed by atoms with Crippen molar-refractivity contribution in [3.05, 3.63) is 44.9 Å². The fraction of sp³-hybridized carbons (Fsp3) is 0.100. The number of pyridine rings is 1. The molecule has 18 heavy (non-hydrogen) atoms. The Balaban J connectivity index is 2.37. The van der Waals surface area contributed by atoms with E-state index in [4.69, 9.17) is 11.6 Å². The van der Waals surface area contributed by atoms with E-state index in [0.29, 0.717) is 17.1 Å². The lowest BCUT2D eigenvalue weighted by Crippen LogP contribution is -2.16. The maximum absolute atomic E-state index is 11.9. The topological polar surface area (TPSA) is 98.8 Å². The van der Waals surface area contributed by atoms with E-state index >= 15 is 0 Å². The highest BCUT2D eigenvalue weighted by molar-refractivity contribution is 9.10. The number of amidine groups is 1. The summed E-state index contributed by atoms with van der Waals surface area (Å²) < 4.78 is 2.29. The Kier molecular flexibility index (Phi) is 3.87. The van der Waals surface area contributed by atoms with Crippen LogP contribution >= 0.6 is 27.7 Å². The van der Waals surface area contributed by atoms with E-state index in [1.54, 1.807) is 12.3 Å². The van der Waals surface area contributed by atoms with Crippen LogP contribution in [0, 0.1) is 0 Å². The largest absolute Gasteiger partial charge is 0.377 e. The van der Waals surface area contributed by atoms with Crippen LogP contribution in [0.1, 0.15) is 5.69 Å². The van der Waals surface area contributed by atoms with Crippen molar-refractivity contribution in [3.8, 4) is 0 Å². The lowest BCUT2D eigenvalue weighted by atomic mass is 10.4. The Labute approximate surface area is 115 Å². The van der Waals surface area contributed by atoms with E-state index in [1.165, 1.54) is 22.2 Å². The average Bonchev–Trinajstić information content (AvgIpc) is 2.37. The minimum Gasteiger partial charge on any atom is -0.377 e. The van der Waals surface area contributed by atoms with Gasteiger partial charge in [0.05, 0.1) is 5.69 Å². The summed E-state index contributed by atoms with van der Waals surface area (Å²) >= 11 is 4.54. The summed E-state index contributed by atoms with van der Waals surface area (Å²) in [6, 6.07) is 5.06. The molecule has 0 saturated heterocycles. The molecule has 0 spiro atoms. The molecule has 2 rings (SSSR count). The molecule has 2 heterocycles. The number of rotatable bonds is 2. The molecule has 2 aromatic heterocycles. The van der Waals surface area contributed by atoms with Gasteiger partial charge < -0.3 is 11.6 Å². The number of halogens is 1. The summed E-state index contributed by atoms with van der Waals surface area (Å²) in [5.74, 6) is 5.48. The normalized spacial score (nSPS) is 11.9. The van der Waals surface area contributed by atoms with E-state index in [-0.39, 0.29) is 10.7 Å². The third kappa shape index (κ3) is 2.82. The molecule has 0 bridgehead atoms. The van der Waals surface area contributed by atoms with Crippen molar-refractivity contribution < 1.29 is 0 Å². The molecule has 0 atom stereocenters. The van der Waals surface area contributed by atoms with Gasteiger partial charge in [-0.3, -0.25) is 9.20 Å². The monoisotopic (exact) mass is 327 g/mol. The average molecular weight is 328 g/mol. The second-order valence-electron chi connectivity index (χ2n) is 3.42. The number of nitrogens with two attached hydrogens (primary N) is 2. The first kappa shape index (κ1) is 12.9. The van der Waals surface area contributed by atoms with E-state index in [2.05, 4.69) is 26.0 Å². The molecule has 6 nitrogen and oxygen atoms in total. The first-order valence-electron chi connectivity index (χ1n) is 4.94. The zero-order valence-electron chi connectivity index (χ0n) is 9.21. The molecule has 2 aromatic rings. The minimum absolute atomic E-state index is 0.139. The second kappa shape index (κ2) is 5.40. The number of fused-ring (bicyclic) bond motifs is 1. The molecule has 0 saturated carbocycles. The molecule has 4 N–H and O–H groups in total. The summed E-state index contributed by atoms with van der Waals surface area (Å²) in [5, 5.41) is 3.60. The maximum atomic E-state index is 11.9. The van der Waals surface area contributed by atoms with Crippen LogP contribution in [0.4, 0.5) is 0 Å². The first-order valence-corrected chi connectivity index (χ1v) is 6.72. The fourth-order valence-electron chi connectivity index (χ4n) is 1.39. The molecule has 0 amide bonds. The van der Waals surface area contributed by atoms with Crippen molar-refractivity contribution in [1.29, 1.82) is 0 Å². The van der Waals surface area contributed by atoms with Crippen LogP contribution in [0.25, 0.3) is 5.65 Å². The molecular weight excluding hydrogens is 318 g/mol. The molecule has 8 heteroatoms. The molecule has 0 aromatic carbocycles. The summed E-state index contributed by atoms with van der Waals surface area (Å²) in [4.78, 5) is 16.2. The van der Waals surface area contributed by atoms with Crippen LogP contribution in [-0.2, 0) is 5.75 Å². The third-order valence-electron chi connectivity index (χ3n) is 2.17. The van der Waals surface area contributed by atoms with Crippen molar-refractivity contribution in [2.45, 2.75) is 5.75 Å². The van der Waals surface area contributed by atoms with Crippen LogP contribution in [0.2, 0.25) is 0 Å². The summed E-state index contributed by atoms with van der Waals surface area (Å²) in [7, 11) is 0. The predicted molar refractivity (Wildman–Crippen MR) is 76.3 cm³/mol. The van der Waals surface area contributed by atoms with E-state index < -0.39 is 0 Å². The van der Waals surface area contributed by atoms with Gasteiger partial charge in [-0.2, -0.15) is 5.10 Å². The van der Waals surface area contributed by atoms with Crippen LogP contribution < -0.4 is 17.1 Å². The molecular formula is C10H10BrN5OS. The van der Waals surface area contributed by atoms with Crippen LogP contribution in [0.15, 0.2) is 38.8 Å². The van der Waals surface area contributed by atoms with Gasteiger partial charge in [-0.05, 0) is 28.1 Å². The number of hydrogen-bond donors (Lipinski definition) is 2. The maximum Gasteiger partial charge on any atom is 0.258 e. The van der Waals surface area contributed by atoms with E-state index in [0.717, 1.165) is 4.47 Å². The van der Waals surface area contributed by atoms with Gasteiger partial charge in [0.25, 0.3) is 5.56 Å². The first-order chi connectivity index (χ1) is 8.60. The predicted octanol–water partition coefficient (Wildman–Crippen LogP) is 0.879. The molecule has 0 unspecified atom stereocenters. The Hall–Kier alpha value is -1.54. The number of hydrazone groups is 1. The number of thioether (sulfide) groups is 1. The Morgan fingerprint density at radius 2 is 2.33 bits per heavy atom. The fourth-order valence-corrected chi connectivity index (χ4v) is 2.24. The van der Waals surface area contributed by atoms with Crippen LogP contribution in [-0.4, -0.2) is 14.6 Å². The van der Waals surface area contributed by atoms with Crippen molar-refractivity contribution in [3.63, 3.8) is 0 Å². The standard InChI is InChI=1S/C10H10BrN5OS/c11-6-1-2-8-14-7(5-18-10(12)15-13)3-9(17)16(8)4-6/h1-4H,5,13H2,(H2,12,15). The Morgan fingerprint density at radius 3 is 3.06 bits per heavy atom. The second-order valence-corrected chi connectivity index (χ2v) is 5.33. The highest BCUT2D eigenvalue weighted by Crippen LogP contribution is 2.12. The van der Waals surface area contributed by atoms with Crippen molar-refractivity contribution in [1.82, 2.24) is 9.38 Å². The zero-order valence-corrected chi connectivity index (χ0v) is 11.6. The molecule has 0 aliphatic carbocycles. The molecule has 94 valence electrons. The van der Waals surface area contributed by atoms with Gasteiger partial charge in [-0.15, -0.1) is 0 Å². The van der Waals surface area contributed by atoms with Gasteiger partial charge in [0.2, 0.25) is 0 Å². The van der Waals surface area contributed by atoms with Gasteiger partial charge in [-0.1, -0.05) is 11.8 Å². The number of nitrogens with zero attached hydrogens (tertiary/aromatic N) is 3. The molecule has 0 fully saturated rings.